The topological polar surface area (TPSA) is 63.9 Å². The number of amides is 1. The molecule has 1 aliphatic rings. The Balaban J connectivity index is 1.43. The smallest absolute Gasteiger partial charge is 0.240 e. The monoisotopic (exact) mass is 415 g/mol. The van der Waals surface area contributed by atoms with Gasteiger partial charge >= 0.3 is 0 Å². The van der Waals surface area contributed by atoms with E-state index in [0.29, 0.717) is 0 Å². The number of anilines is 1. The number of para-hydroxylation sites is 2. The van der Waals surface area contributed by atoms with E-state index in [2.05, 4.69) is 28.1 Å². The molecule has 7 heteroatoms. The number of aromatic nitrogens is 4. The molecule has 0 radical (unpaired) electrons. The third-order valence-electron chi connectivity index (χ3n) is 5.41. The molecule has 2 aromatic carbocycles. The van der Waals surface area contributed by atoms with Gasteiger partial charge in [0, 0.05) is 11.7 Å². The Labute approximate surface area is 179 Å². The van der Waals surface area contributed by atoms with Gasteiger partial charge in [0.1, 0.15) is 11.4 Å². The van der Waals surface area contributed by atoms with Crippen LogP contribution >= 0.6 is 11.8 Å². The lowest BCUT2D eigenvalue weighted by Crippen LogP contribution is -2.40. The van der Waals surface area contributed by atoms with Gasteiger partial charge in [-0.1, -0.05) is 48.2 Å². The minimum atomic E-state index is -0.281. The Morgan fingerprint density at radius 3 is 2.70 bits per heavy atom. The van der Waals surface area contributed by atoms with E-state index in [4.69, 9.17) is 0 Å². The number of benzene rings is 2. The molecule has 30 heavy (non-hydrogen) atoms. The maximum atomic E-state index is 13.3. The highest BCUT2D eigenvalue weighted by Gasteiger charge is 2.33. The zero-order chi connectivity index (χ0) is 20.7. The fourth-order valence-electron chi connectivity index (χ4n) is 3.99. The average Bonchev–Trinajstić information content (AvgIpc) is 3.35. The zero-order valence-corrected chi connectivity index (χ0v) is 17.6. The normalized spacial score (nSPS) is 16.6. The third kappa shape index (κ3) is 3.15. The lowest BCUT2D eigenvalue weighted by atomic mass is 10.1. The summed E-state index contributed by atoms with van der Waals surface area (Å²) in [6.45, 7) is 4.04. The summed E-state index contributed by atoms with van der Waals surface area (Å²) in [5.41, 5.74) is 3.92. The van der Waals surface area contributed by atoms with E-state index in [0.717, 1.165) is 33.9 Å². The molecule has 0 N–H and O–H groups in total. The maximum Gasteiger partial charge on any atom is 0.240 e. The molecule has 4 aromatic rings. The molecule has 2 aromatic heterocycles. The van der Waals surface area contributed by atoms with Gasteiger partial charge < -0.3 is 4.90 Å². The van der Waals surface area contributed by atoms with Crippen molar-refractivity contribution in [3.63, 3.8) is 0 Å². The fraction of sp³-hybridized carbons (Fsp3) is 0.217. The first kappa shape index (κ1) is 18.8. The van der Waals surface area contributed by atoms with Gasteiger partial charge in [0.25, 0.3) is 0 Å². The third-order valence-corrected chi connectivity index (χ3v) is 6.51. The second-order valence-corrected chi connectivity index (χ2v) is 8.79. The van der Waals surface area contributed by atoms with Crippen LogP contribution in [-0.4, -0.2) is 36.9 Å². The minimum Gasteiger partial charge on any atom is -0.308 e. The number of carbonyl (C=O) groups excluding carboxylic acids is 1. The van der Waals surface area contributed by atoms with Crippen molar-refractivity contribution in [1.82, 2.24) is 19.7 Å². The van der Waals surface area contributed by atoms with Gasteiger partial charge in [-0.25, -0.2) is 14.6 Å². The van der Waals surface area contributed by atoms with Gasteiger partial charge in [-0.3, -0.25) is 4.79 Å². The predicted octanol–water partition coefficient (Wildman–Crippen LogP) is 4.27. The average molecular weight is 416 g/mol. The summed E-state index contributed by atoms with van der Waals surface area (Å²) in [5.74, 6) is 0.0969. The first-order valence-electron chi connectivity index (χ1n) is 9.95. The Hall–Kier alpha value is -3.19. The number of hydrogen-bond donors (Lipinski definition) is 0. The Bertz CT molecular complexity index is 1220. The highest BCUT2D eigenvalue weighted by Crippen LogP contribution is 2.35. The van der Waals surface area contributed by atoms with Crippen molar-refractivity contribution < 1.29 is 4.79 Å². The van der Waals surface area contributed by atoms with Crippen LogP contribution in [0.3, 0.4) is 0 Å². The van der Waals surface area contributed by atoms with Crippen molar-refractivity contribution in [2.75, 3.05) is 4.90 Å². The largest absolute Gasteiger partial charge is 0.308 e. The summed E-state index contributed by atoms with van der Waals surface area (Å²) in [4.78, 5) is 24.1. The quantitative estimate of drug-likeness (QED) is 0.368. The van der Waals surface area contributed by atoms with Crippen molar-refractivity contribution in [2.24, 2.45) is 0 Å². The summed E-state index contributed by atoms with van der Waals surface area (Å²) in [5, 5.41) is 5.84. The Morgan fingerprint density at radius 2 is 1.87 bits per heavy atom. The van der Waals surface area contributed by atoms with E-state index in [1.54, 1.807) is 10.9 Å². The Morgan fingerprint density at radius 1 is 1.10 bits per heavy atom. The zero-order valence-electron chi connectivity index (χ0n) is 16.8. The molecular weight excluding hydrogens is 394 g/mol. The van der Waals surface area contributed by atoms with Crippen LogP contribution in [0.25, 0.3) is 16.7 Å². The van der Waals surface area contributed by atoms with E-state index in [-0.39, 0.29) is 17.2 Å². The summed E-state index contributed by atoms with van der Waals surface area (Å²) in [6, 6.07) is 18.2. The lowest BCUT2D eigenvalue weighted by Gasteiger charge is -2.25. The molecule has 150 valence electrons. The number of fused-ring (bicyclic) bond motifs is 2. The number of hydrogen-bond acceptors (Lipinski definition) is 5. The number of thioether (sulfide) groups is 1. The molecule has 6 nitrogen and oxygen atoms in total. The van der Waals surface area contributed by atoms with E-state index in [1.807, 2.05) is 60.4 Å². The SMILES string of the molecule is C[C@@H](Sc1ncnc2c1cnn2-c1ccccc1)C(=O)N1c2ccccc2C[C@@H]1C. The van der Waals surface area contributed by atoms with Crippen LogP contribution in [0.15, 0.2) is 72.1 Å². The lowest BCUT2D eigenvalue weighted by molar-refractivity contribution is -0.118. The van der Waals surface area contributed by atoms with Gasteiger partial charge in [-0.05, 0) is 44.0 Å². The van der Waals surface area contributed by atoms with E-state index < -0.39 is 0 Å². The van der Waals surface area contributed by atoms with E-state index in [9.17, 15) is 4.79 Å². The minimum absolute atomic E-state index is 0.0969. The highest BCUT2D eigenvalue weighted by atomic mass is 32.2. The summed E-state index contributed by atoms with van der Waals surface area (Å²) in [6.07, 6.45) is 4.20. The van der Waals surface area contributed by atoms with Gasteiger partial charge in [0.2, 0.25) is 5.91 Å². The van der Waals surface area contributed by atoms with Gasteiger partial charge in [0.15, 0.2) is 5.65 Å². The molecule has 3 heterocycles. The molecule has 0 saturated heterocycles. The molecule has 0 fully saturated rings. The second kappa shape index (κ2) is 7.57. The summed E-state index contributed by atoms with van der Waals surface area (Å²) >= 11 is 1.46. The van der Waals surface area contributed by atoms with Crippen LogP contribution in [0.2, 0.25) is 0 Å². The number of carbonyl (C=O) groups is 1. The van der Waals surface area contributed by atoms with Gasteiger partial charge in [-0.2, -0.15) is 5.10 Å². The van der Waals surface area contributed by atoms with Crippen LogP contribution in [0.1, 0.15) is 19.4 Å². The molecule has 2 atom stereocenters. The maximum absolute atomic E-state index is 13.3. The molecule has 0 saturated carbocycles. The molecular formula is C23H21N5OS. The van der Waals surface area contributed by atoms with Crippen LogP contribution < -0.4 is 4.90 Å². The fourth-order valence-corrected chi connectivity index (χ4v) is 4.92. The Kier molecular flexibility index (Phi) is 4.75. The van der Waals surface area contributed by atoms with E-state index in [1.165, 1.54) is 23.7 Å². The van der Waals surface area contributed by atoms with Gasteiger partial charge in [0.05, 0.1) is 22.5 Å². The highest BCUT2D eigenvalue weighted by molar-refractivity contribution is 8.00. The van der Waals surface area contributed by atoms with Crippen molar-refractivity contribution >= 4 is 34.4 Å². The molecule has 0 bridgehead atoms. The molecule has 1 amide bonds. The molecule has 1 aliphatic heterocycles. The first-order valence-corrected chi connectivity index (χ1v) is 10.8. The van der Waals surface area contributed by atoms with Crippen LogP contribution in [0.5, 0.6) is 0 Å². The van der Waals surface area contributed by atoms with Crippen LogP contribution in [0, 0.1) is 0 Å². The molecule has 0 unspecified atom stereocenters. The van der Waals surface area contributed by atoms with E-state index >= 15 is 0 Å². The number of nitrogens with zero attached hydrogens (tertiary/aromatic N) is 5. The molecule has 0 aliphatic carbocycles. The van der Waals surface area contributed by atoms with Crippen molar-refractivity contribution in [3.05, 3.63) is 72.7 Å². The summed E-state index contributed by atoms with van der Waals surface area (Å²) in [7, 11) is 0. The standard InChI is InChI=1S/C23H21N5OS/c1-15-12-17-8-6-7-11-20(17)27(15)23(29)16(2)30-22-19-13-26-28(21(19)24-14-25-22)18-9-4-3-5-10-18/h3-11,13-16H,12H2,1-2H3/t15-,16+/m0/s1. The van der Waals surface area contributed by atoms with Crippen molar-refractivity contribution in [2.45, 2.75) is 36.6 Å². The second-order valence-electron chi connectivity index (χ2n) is 7.46. The molecule has 0 spiro atoms. The summed E-state index contributed by atoms with van der Waals surface area (Å²) < 4.78 is 1.80. The van der Waals surface area contributed by atoms with Gasteiger partial charge in [-0.15, -0.1) is 0 Å². The predicted molar refractivity (Wildman–Crippen MR) is 119 cm³/mol. The molecule has 5 rings (SSSR count). The number of rotatable bonds is 4. The first-order chi connectivity index (χ1) is 14.6. The van der Waals surface area contributed by atoms with Crippen molar-refractivity contribution in [3.8, 4) is 5.69 Å². The van der Waals surface area contributed by atoms with Crippen LogP contribution in [0.4, 0.5) is 5.69 Å². The van der Waals surface area contributed by atoms with Crippen LogP contribution in [-0.2, 0) is 11.2 Å². The van der Waals surface area contributed by atoms with Crippen molar-refractivity contribution in [1.29, 1.82) is 0 Å².